The average Bonchev–Trinajstić information content (AvgIpc) is 2.55. The molecule has 136 valence electrons. The minimum absolute atomic E-state index is 0. The molecule has 1 aliphatic heterocycles. The van der Waals surface area contributed by atoms with Crippen molar-refractivity contribution in [2.75, 3.05) is 52.4 Å². The Morgan fingerprint density at radius 3 is 1.83 bits per heavy atom. The van der Waals surface area contributed by atoms with E-state index in [0.717, 1.165) is 65.2 Å². The van der Waals surface area contributed by atoms with E-state index < -0.39 is 0 Å². The molecule has 1 heterocycles. The molecule has 7 nitrogen and oxygen atoms in total. The van der Waals surface area contributed by atoms with Gasteiger partial charge in [0.25, 0.3) is 0 Å². The van der Waals surface area contributed by atoms with Crippen LogP contribution in [0.1, 0.15) is 32.1 Å². The summed E-state index contributed by atoms with van der Waals surface area (Å²) in [6.07, 6.45) is 5.97. The van der Waals surface area contributed by atoms with Crippen LogP contribution in [0.5, 0.6) is 0 Å². The van der Waals surface area contributed by atoms with Gasteiger partial charge in [0.2, 0.25) is 5.91 Å². The Labute approximate surface area is 158 Å². The third kappa shape index (κ3) is 8.32. The molecular formula is C16H35N5O2Zn+2. The quantitative estimate of drug-likeness (QED) is 0.434. The fourth-order valence-corrected chi connectivity index (χ4v) is 3.39. The molecule has 2 fully saturated rings. The fourth-order valence-electron chi connectivity index (χ4n) is 3.39. The first kappa shape index (κ1) is 23.9. The van der Waals surface area contributed by atoms with Crippen LogP contribution >= 0.6 is 0 Å². The van der Waals surface area contributed by atoms with E-state index in [4.69, 9.17) is 5.73 Å². The van der Waals surface area contributed by atoms with Crippen LogP contribution in [0.15, 0.2) is 0 Å². The van der Waals surface area contributed by atoms with Gasteiger partial charge in [0.15, 0.2) is 0 Å². The summed E-state index contributed by atoms with van der Waals surface area (Å²) in [6.45, 7) is 7.00. The Morgan fingerprint density at radius 2 is 1.33 bits per heavy atom. The maximum Gasteiger partial charge on any atom is 2.00 e. The van der Waals surface area contributed by atoms with E-state index in [2.05, 4.69) is 16.0 Å². The molecule has 0 spiro atoms. The van der Waals surface area contributed by atoms with Gasteiger partial charge in [0.1, 0.15) is 0 Å². The van der Waals surface area contributed by atoms with Crippen molar-refractivity contribution in [1.29, 1.82) is 0 Å². The van der Waals surface area contributed by atoms with Crippen LogP contribution in [-0.2, 0) is 24.3 Å². The predicted molar refractivity (Wildman–Crippen MR) is 93.4 cm³/mol. The molecule has 2 aliphatic rings. The van der Waals surface area contributed by atoms with Gasteiger partial charge in [-0.05, 0) is 18.8 Å². The van der Waals surface area contributed by atoms with E-state index >= 15 is 0 Å². The van der Waals surface area contributed by atoms with Gasteiger partial charge in [0.05, 0.1) is 6.04 Å². The number of amides is 1. The van der Waals surface area contributed by atoms with Crippen LogP contribution in [0.4, 0.5) is 0 Å². The monoisotopic (exact) mass is 393 g/mol. The Bertz CT molecular complexity index is 318. The minimum Gasteiger partial charge on any atom is -0.412 e. The summed E-state index contributed by atoms with van der Waals surface area (Å²) < 4.78 is 0. The van der Waals surface area contributed by atoms with Crippen LogP contribution in [0.25, 0.3) is 0 Å². The molecule has 0 bridgehead atoms. The van der Waals surface area contributed by atoms with Crippen molar-refractivity contribution in [3.8, 4) is 0 Å². The number of carbonyl (C=O) groups excluding carboxylic acids is 1. The molecule has 0 aromatic carbocycles. The number of hydrogen-bond acceptors (Lipinski definition) is 5. The van der Waals surface area contributed by atoms with Crippen LogP contribution in [0.3, 0.4) is 0 Å². The summed E-state index contributed by atoms with van der Waals surface area (Å²) in [7, 11) is 0. The molecule has 1 aliphatic carbocycles. The van der Waals surface area contributed by atoms with Crippen molar-refractivity contribution in [2.24, 2.45) is 11.7 Å². The van der Waals surface area contributed by atoms with Gasteiger partial charge in [-0.15, -0.1) is 0 Å². The van der Waals surface area contributed by atoms with Gasteiger partial charge >= 0.3 is 19.5 Å². The van der Waals surface area contributed by atoms with Crippen LogP contribution in [0.2, 0.25) is 0 Å². The van der Waals surface area contributed by atoms with Gasteiger partial charge in [0, 0.05) is 52.4 Å². The van der Waals surface area contributed by atoms with Gasteiger partial charge in [-0.3, -0.25) is 4.79 Å². The number of hydrogen-bond donors (Lipinski definition) is 4. The van der Waals surface area contributed by atoms with Crippen molar-refractivity contribution in [3.05, 3.63) is 0 Å². The zero-order valence-corrected chi connectivity index (χ0v) is 18.0. The summed E-state index contributed by atoms with van der Waals surface area (Å²) in [5.74, 6) is 0.526. The molecule has 1 saturated heterocycles. The molecule has 0 aromatic rings. The van der Waals surface area contributed by atoms with Crippen molar-refractivity contribution < 1.29 is 29.7 Å². The standard InChI is InChI=1S/C16H33N5O.H2O.Zn/c17-15(14-4-2-1-3-5-14)16(22)21-12-10-19-8-6-18-7-9-20-11-13-21;;/h14-15,18-20H,1-13,17H2;1H2;/q;;+2/t15-;;/m0../s1. The SMILES string of the molecule is N[C@H](C(=O)N1CCNCCNCCNCC1)C1CCCCC1.O.[Zn+2]. The number of nitrogens with two attached hydrogens (primary N) is 1. The second-order valence-electron chi connectivity index (χ2n) is 6.50. The van der Waals surface area contributed by atoms with E-state index in [-0.39, 0.29) is 36.9 Å². The van der Waals surface area contributed by atoms with Crippen LogP contribution in [-0.4, -0.2) is 74.7 Å². The van der Waals surface area contributed by atoms with E-state index in [1.54, 1.807) is 0 Å². The van der Waals surface area contributed by atoms with E-state index in [9.17, 15) is 4.79 Å². The van der Waals surface area contributed by atoms with Gasteiger partial charge in [-0.25, -0.2) is 0 Å². The summed E-state index contributed by atoms with van der Waals surface area (Å²) in [5, 5.41) is 10.2. The molecule has 7 N–H and O–H groups in total. The Hall–Kier alpha value is -0.107. The third-order valence-corrected chi connectivity index (χ3v) is 4.83. The minimum atomic E-state index is -0.310. The zero-order valence-electron chi connectivity index (χ0n) is 15.0. The molecular weight excluding hydrogens is 360 g/mol. The first-order chi connectivity index (χ1) is 10.8. The Morgan fingerprint density at radius 1 is 0.875 bits per heavy atom. The first-order valence-corrected chi connectivity index (χ1v) is 8.95. The number of nitrogens with zero attached hydrogens (tertiary/aromatic N) is 1. The first-order valence-electron chi connectivity index (χ1n) is 8.95. The van der Waals surface area contributed by atoms with Crippen molar-refractivity contribution >= 4 is 5.91 Å². The zero-order chi connectivity index (χ0) is 15.6. The van der Waals surface area contributed by atoms with Gasteiger partial charge < -0.3 is 32.1 Å². The normalized spacial score (nSPS) is 23.0. The average molecular weight is 395 g/mol. The maximum atomic E-state index is 12.7. The second-order valence-corrected chi connectivity index (χ2v) is 6.50. The second kappa shape index (κ2) is 14.1. The van der Waals surface area contributed by atoms with Gasteiger partial charge in [-0.1, -0.05) is 19.3 Å². The predicted octanol–water partition coefficient (Wildman–Crippen LogP) is -1.32. The van der Waals surface area contributed by atoms with E-state index in [0.29, 0.717) is 5.92 Å². The summed E-state index contributed by atoms with van der Waals surface area (Å²) in [6, 6.07) is -0.310. The van der Waals surface area contributed by atoms with Crippen LogP contribution in [0, 0.1) is 5.92 Å². The van der Waals surface area contributed by atoms with E-state index in [1.807, 2.05) is 4.90 Å². The number of carbonyl (C=O) groups is 1. The molecule has 2 rings (SSSR count). The molecule has 8 heteroatoms. The van der Waals surface area contributed by atoms with Crippen molar-refractivity contribution in [3.63, 3.8) is 0 Å². The smallest absolute Gasteiger partial charge is 0.412 e. The molecule has 1 saturated carbocycles. The Kier molecular flexibility index (Phi) is 14.0. The third-order valence-electron chi connectivity index (χ3n) is 4.83. The fraction of sp³-hybridized carbons (Fsp3) is 0.938. The Balaban J connectivity index is 0.00000264. The topological polar surface area (TPSA) is 114 Å². The number of nitrogens with one attached hydrogen (secondary N) is 3. The molecule has 1 atom stereocenters. The summed E-state index contributed by atoms with van der Waals surface area (Å²) in [4.78, 5) is 14.7. The number of rotatable bonds is 2. The van der Waals surface area contributed by atoms with Crippen LogP contribution < -0.4 is 21.7 Å². The van der Waals surface area contributed by atoms with E-state index in [1.165, 1.54) is 19.3 Å². The van der Waals surface area contributed by atoms with Crippen molar-refractivity contribution in [2.45, 2.75) is 38.1 Å². The summed E-state index contributed by atoms with van der Waals surface area (Å²) in [5.41, 5.74) is 6.30. The van der Waals surface area contributed by atoms with Gasteiger partial charge in [-0.2, -0.15) is 0 Å². The maximum absolute atomic E-state index is 12.7. The molecule has 0 radical (unpaired) electrons. The molecule has 1 amide bonds. The molecule has 24 heavy (non-hydrogen) atoms. The summed E-state index contributed by atoms with van der Waals surface area (Å²) >= 11 is 0. The molecule has 0 unspecified atom stereocenters. The molecule has 0 aromatic heterocycles. The van der Waals surface area contributed by atoms with Crippen molar-refractivity contribution in [1.82, 2.24) is 20.9 Å². The largest absolute Gasteiger partial charge is 2.00 e.